The average Bonchev–Trinajstić information content (AvgIpc) is 2.27. The molecule has 0 amide bonds. The van der Waals surface area contributed by atoms with Crippen LogP contribution in [0.15, 0.2) is 30.3 Å². The normalized spacial score (nSPS) is 12.1. The first kappa shape index (κ1) is 11.7. The van der Waals surface area contributed by atoms with Gasteiger partial charge in [0.2, 0.25) is 0 Å². The summed E-state index contributed by atoms with van der Waals surface area (Å²) in [5, 5.41) is 8.49. The number of aliphatic hydroxyl groups is 1. The largest absolute Gasteiger partial charge is 0.463 e. The molecule has 1 atom stereocenters. The highest BCUT2D eigenvalue weighted by Crippen LogP contribution is 2.18. The van der Waals surface area contributed by atoms with Gasteiger partial charge in [-0.25, -0.2) is 0 Å². The second-order valence-electron chi connectivity index (χ2n) is 3.46. The first-order valence-electron chi connectivity index (χ1n) is 5.05. The summed E-state index contributed by atoms with van der Waals surface area (Å²) in [6, 6.07) is 9.82. The van der Waals surface area contributed by atoms with Crippen LogP contribution in [-0.2, 0) is 9.53 Å². The van der Waals surface area contributed by atoms with E-state index in [0.717, 1.165) is 5.56 Å². The number of carbonyl (C=O) groups is 1. The maximum atomic E-state index is 11.3. The van der Waals surface area contributed by atoms with E-state index in [1.807, 2.05) is 37.3 Å². The van der Waals surface area contributed by atoms with Crippen molar-refractivity contribution in [1.29, 1.82) is 0 Å². The van der Waals surface area contributed by atoms with Crippen molar-refractivity contribution >= 4 is 5.97 Å². The lowest BCUT2D eigenvalue weighted by Gasteiger charge is -2.10. The van der Waals surface area contributed by atoms with E-state index in [-0.39, 0.29) is 25.1 Å². The third-order valence-electron chi connectivity index (χ3n) is 2.20. The molecule has 82 valence electrons. The number of aliphatic hydroxyl groups excluding tert-OH is 1. The smallest absolute Gasteiger partial charge is 0.306 e. The molecule has 0 fully saturated rings. The second-order valence-corrected chi connectivity index (χ2v) is 3.46. The Morgan fingerprint density at radius 1 is 1.40 bits per heavy atom. The zero-order valence-electron chi connectivity index (χ0n) is 8.85. The van der Waals surface area contributed by atoms with Gasteiger partial charge < -0.3 is 9.84 Å². The number of carbonyl (C=O) groups excluding carboxylic acids is 1. The van der Waals surface area contributed by atoms with Gasteiger partial charge in [0.05, 0.1) is 13.0 Å². The maximum Gasteiger partial charge on any atom is 0.306 e. The predicted molar refractivity (Wildman–Crippen MR) is 57.5 cm³/mol. The van der Waals surface area contributed by atoms with Crippen LogP contribution in [0.5, 0.6) is 0 Å². The Balaban J connectivity index is 2.42. The molecule has 0 saturated heterocycles. The quantitative estimate of drug-likeness (QED) is 0.749. The molecule has 1 aromatic rings. The molecule has 1 rings (SSSR count). The van der Waals surface area contributed by atoms with Gasteiger partial charge in [0.1, 0.15) is 6.61 Å². The van der Waals surface area contributed by atoms with E-state index in [0.29, 0.717) is 6.42 Å². The number of esters is 1. The molecule has 0 aliphatic heterocycles. The van der Waals surface area contributed by atoms with Crippen LogP contribution in [-0.4, -0.2) is 24.3 Å². The van der Waals surface area contributed by atoms with E-state index < -0.39 is 0 Å². The monoisotopic (exact) mass is 208 g/mol. The Bertz CT molecular complexity index is 295. The van der Waals surface area contributed by atoms with E-state index >= 15 is 0 Å². The molecule has 1 unspecified atom stereocenters. The summed E-state index contributed by atoms with van der Waals surface area (Å²) in [5.74, 6) is -0.113. The minimum atomic E-state index is -0.264. The molecule has 0 radical (unpaired) electrons. The number of hydrogen-bond acceptors (Lipinski definition) is 3. The van der Waals surface area contributed by atoms with Crippen molar-refractivity contribution < 1.29 is 14.6 Å². The first-order chi connectivity index (χ1) is 7.24. The molecule has 0 bridgehead atoms. The molecule has 0 heterocycles. The number of hydrogen-bond donors (Lipinski definition) is 1. The average molecular weight is 208 g/mol. The van der Waals surface area contributed by atoms with Gasteiger partial charge in [-0.05, 0) is 11.5 Å². The summed E-state index contributed by atoms with van der Waals surface area (Å²) in [6.45, 7) is 1.95. The van der Waals surface area contributed by atoms with E-state index in [1.165, 1.54) is 0 Å². The van der Waals surface area contributed by atoms with Crippen molar-refractivity contribution in [3.05, 3.63) is 35.9 Å². The molecule has 1 N–H and O–H groups in total. The highest BCUT2D eigenvalue weighted by Gasteiger charge is 2.11. The Labute approximate surface area is 89.7 Å². The van der Waals surface area contributed by atoms with Gasteiger partial charge in [0.15, 0.2) is 0 Å². The maximum absolute atomic E-state index is 11.3. The fourth-order valence-electron chi connectivity index (χ4n) is 1.37. The molecule has 3 heteroatoms. The van der Waals surface area contributed by atoms with Crippen LogP contribution >= 0.6 is 0 Å². The lowest BCUT2D eigenvalue weighted by molar-refractivity contribution is -0.145. The van der Waals surface area contributed by atoms with Crippen LogP contribution in [0.25, 0.3) is 0 Å². The topological polar surface area (TPSA) is 46.5 Å². The number of ether oxygens (including phenoxy) is 1. The van der Waals surface area contributed by atoms with E-state index in [4.69, 9.17) is 9.84 Å². The highest BCUT2D eigenvalue weighted by atomic mass is 16.5. The molecule has 0 aliphatic carbocycles. The lowest BCUT2D eigenvalue weighted by Crippen LogP contribution is -2.11. The summed E-state index contributed by atoms with van der Waals surface area (Å²) in [4.78, 5) is 11.3. The van der Waals surface area contributed by atoms with Gasteiger partial charge in [-0.3, -0.25) is 4.79 Å². The summed E-state index contributed by atoms with van der Waals surface area (Å²) >= 11 is 0. The minimum absolute atomic E-state index is 0.0837. The van der Waals surface area contributed by atoms with Gasteiger partial charge >= 0.3 is 5.97 Å². The van der Waals surface area contributed by atoms with Gasteiger partial charge in [-0.1, -0.05) is 37.3 Å². The third-order valence-corrected chi connectivity index (χ3v) is 2.20. The minimum Gasteiger partial charge on any atom is -0.463 e. The molecule has 0 spiro atoms. The van der Waals surface area contributed by atoms with E-state index in [2.05, 4.69) is 0 Å². The van der Waals surface area contributed by atoms with Gasteiger partial charge in [0.25, 0.3) is 0 Å². The zero-order valence-corrected chi connectivity index (χ0v) is 8.85. The third kappa shape index (κ3) is 4.13. The van der Waals surface area contributed by atoms with Crippen LogP contribution in [0.4, 0.5) is 0 Å². The fraction of sp³-hybridized carbons (Fsp3) is 0.417. The molecule has 0 aliphatic rings. The SMILES string of the molecule is CC(CC(=O)OCCO)c1ccccc1. The summed E-state index contributed by atoms with van der Waals surface area (Å²) < 4.78 is 4.79. The van der Waals surface area contributed by atoms with Crippen molar-refractivity contribution in [2.75, 3.05) is 13.2 Å². The van der Waals surface area contributed by atoms with Crippen molar-refractivity contribution in [3.8, 4) is 0 Å². The van der Waals surface area contributed by atoms with Crippen LogP contribution < -0.4 is 0 Å². The van der Waals surface area contributed by atoms with Gasteiger partial charge in [-0.2, -0.15) is 0 Å². The van der Waals surface area contributed by atoms with Crippen LogP contribution in [0.3, 0.4) is 0 Å². The van der Waals surface area contributed by atoms with Crippen molar-refractivity contribution in [3.63, 3.8) is 0 Å². The number of rotatable bonds is 5. The summed E-state index contributed by atoms with van der Waals surface area (Å²) in [7, 11) is 0. The van der Waals surface area contributed by atoms with Crippen LogP contribution in [0, 0.1) is 0 Å². The van der Waals surface area contributed by atoms with Gasteiger partial charge in [0, 0.05) is 0 Å². The Morgan fingerprint density at radius 2 is 2.07 bits per heavy atom. The van der Waals surface area contributed by atoms with Crippen molar-refractivity contribution in [2.45, 2.75) is 19.3 Å². The van der Waals surface area contributed by atoms with Crippen LogP contribution in [0.2, 0.25) is 0 Å². The first-order valence-corrected chi connectivity index (χ1v) is 5.05. The molecule has 0 saturated carbocycles. The molecule has 15 heavy (non-hydrogen) atoms. The van der Waals surface area contributed by atoms with Gasteiger partial charge in [-0.15, -0.1) is 0 Å². The van der Waals surface area contributed by atoms with Crippen molar-refractivity contribution in [1.82, 2.24) is 0 Å². The molecular weight excluding hydrogens is 192 g/mol. The van der Waals surface area contributed by atoms with E-state index in [9.17, 15) is 4.79 Å². The molecule has 0 aromatic heterocycles. The molecule has 1 aromatic carbocycles. The molecule has 3 nitrogen and oxygen atoms in total. The van der Waals surface area contributed by atoms with E-state index in [1.54, 1.807) is 0 Å². The van der Waals surface area contributed by atoms with Crippen molar-refractivity contribution in [2.24, 2.45) is 0 Å². The predicted octanol–water partition coefficient (Wildman–Crippen LogP) is 1.72. The van der Waals surface area contributed by atoms with Crippen LogP contribution in [0.1, 0.15) is 24.8 Å². The fourth-order valence-corrected chi connectivity index (χ4v) is 1.37. The Hall–Kier alpha value is -1.35. The lowest BCUT2D eigenvalue weighted by atomic mass is 9.98. The summed E-state index contributed by atoms with van der Waals surface area (Å²) in [5.41, 5.74) is 1.12. The standard InChI is InChI=1S/C12H16O3/c1-10(9-12(14)15-8-7-13)11-5-3-2-4-6-11/h2-6,10,13H,7-9H2,1H3. The second kappa shape index (κ2) is 6.19. The number of benzene rings is 1. The zero-order chi connectivity index (χ0) is 11.1. The Kier molecular flexibility index (Phi) is 4.84. The highest BCUT2D eigenvalue weighted by molar-refractivity contribution is 5.70. The molecular formula is C12H16O3. The Morgan fingerprint density at radius 3 is 2.67 bits per heavy atom. The summed E-state index contributed by atoms with van der Waals surface area (Å²) in [6.07, 6.45) is 0.351.